The maximum atomic E-state index is 6.10. The van der Waals surface area contributed by atoms with Gasteiger partial charge in [-0.3, -0.25) is 4.99 Å². The van der Waals surface area contributed by atoms with Crippen molar-refractivity contribution in [1.29, 1.82) is 0 Å². The van der Waals surface area contributed by atoms with E-state index in [2.05, 4.69) is 60.4 Å². The number of nitrogens with two attached hydrogens (primary N) is 1. The predicted octanol–water partition coefficient (Wildman–Crippen LogP) is 4.62. The third-order valence-corrected chi connectivity index (χ3v) is 4.37. The summed E-state index contributed by atoms with van der Waals surface area (Å²) in [5.41, 5.74) is 8.61. The summed E-state index contributed by atoms with van der Waals surface area (Å²) >= 11 is 1.63. The highest BCUT2D eigenvalue weighted by molar-refractivity contribution is 8.14. The van der Waals surface area contributed by atoms with Crippen LogP contribution in [0.25, 0.3) is 0 Å². The van der Waals surface area contributed by atoms with Gasteiger partial charge >= 0.3 is 0 Å². The van der Waals surface area contributed by atoms with Gasteiger partial charge in [-0.25, -0.2) is 0 Å². The highest BCUT2D eigenvalue weighted by atomic mass is 32.2. The van der Waals surface area contributed by atoms with Crippen LogP contribution in [0.15, 0.2) is 65.7 Å². The van der Waals surface area contributed by atoms with Crippen molar-refractivity contribution in [3.05, 3.63) is 71.8 Å². The molecule has 21 heavy (non-hydrogen) atoms. The molecule has 0 aromatic heterocycles. The van der Waals surface area contributed by atoms with Gasteiger partial charge in [0, 0.05) is 6.54 Å². The number of unbranched alkanes of at least 4 members (excludes halogenated alkanes) is 1. The first-order valence-electron chi connectivity index (χ1n) is 7.37. The third-order valence-electron chi connectivity index (χ3n) is 3.22. The summed E-state index contributed by atoms with van der Waals surface area (Å²) in [6.45, 7) is 2.97. The van der Waals surface area contributed by atoms with Gasteiger partial charge in [-0.1, -0.05) is 85.8 Å². The van der Waals surface area contributed by atoms with Crippen molar-refractivity contribution in [3.8, 4) is 0 Å². The van der Waals surface area contributed by atoms with E-state index in [1.54, 1.807) is 11.8 Å². The van der Waals surface area contributed by atoms with Crippen LogP contribution >= 0.6 is 11.8 Å². The minimum absolute atomic E-state index is 0.192. The van der Waals surface area contributed by atoms with Gasteiger partial charge in [-0.05, 0) is 17.5 Å². The summed E-state index contributed by atoms with van der Waals surface area (Å²) in [6.07, 6.45) is 2.23. The molecular weight excluding hydrogens is 276 g/mol. The van der Waals surface area contributed by atoms with Gasteiger partial charge in [0.15, 0.2) is 5.17 Å². The SMILES string of the molecule is CCCCN=C(N)SC(c1ccccc1)c1ccccc1. The van der Waals surface area contributed by atoms with Gasteiger partial charge < -0.3 is 5.73 Å². The van der Waals surface area contributed by atoms with Gasteiger partial charge in [0.1, 0.15) is 0 Å². The lowest BCUT2D eigenvalue weighted by Crippen LogP contribution is -2.11. The molecule has 110 valence electrons. The fourth-order valence-corrected chi connectivity index (χ4v) is 3.08. The quantitative estimate of drug-likeness (QED) is 0.480. The number of aliphatic imine (C=N–C) groups is 1. The van der Waals surface area contributed by atoms with Gasteiger partial charge in [0.2, 0.25) is 0 Å². The highest BCUT2D eigenvalue weighted by Crippen LogP contribution is 2.35. The molecule has 0 heterocycles. The first kappa shape index (κ1) is 15.6. The number of amidine groups is 1. The fraction of sp³-hybridized carbons (Fsp3) is 0.278. The second-order valence-corrected chi connectivity index (χ2v) is 6.02. The number of rotatable bonds is 6. The smallest absolute Gasteiger partial charge is 0.154 e. The normalized spacial score (nSPS) is 11.8. The summed E-state index contributed by atoms with van der Waals surface area (Å²) in [6, 6.07) is 20.9. The van der Waals surface area contributed by atoms with Gasteiger partial charge in [-0.2, -0.15) is 0 Å². The summed E-state index contributed by atoms with van der Waals surface area (Å²) in [4.78, 5) is 4.46. The molecule has 2 N–H and O–H groups in total. The van der Waals surface area contributed by atoms with Crippen molar-refractivity contribution in [1.82, 2.24) is 0 Å². The van der Waals surface area contributed by atoms with Gasteiger partial charge in [0.25, 0.3) is 0 Å². The molecule has 0 bridgehead atoms. The Morgan fingerprint density at radius 3 is 2.00 bits per heavy atom. The average Bonchev–Trinajstić information content (AvgIpc) is 2.54. The van der Waals surface area contributed by atoms with Crippen LogP contribution in [0.5, 0.6) is 0 Å². The zero-order valence-electron chi connectivity index (χ0n) is 12.4. The van der Waals surface area contributed by atoms with Crippen LogP contribution in [-0.4, -0.2) is 11.7 Å². The first-order valence-corrected chi connectivity index (χ1v) is 8.25. The lowest BCUT2D eigenvalue weighted by Gasteiger charge is -2.17. The molecule has 3 heteroatoms. The standard InChI is InChI=1S/C18H22N2S/c1-2-3-14-20-18(19)21-17(15-10-6-4-7-11-15)16-12-8-5-9-13-16/h4-13,17H,2-3,14H2,1H3,(H2,19,20). The van der Waals surface area contributed by atoms with Crippen LogP contribution in [-0.2, 0) is 0 Å². The number of thioether (sulfide) groups is 1. The van der Waals surface area contributed by atoms with Crippen molar-refractivity contribution in [2.75, 3.05) is 6.54 Å². The Morgan fingerprint density at radius 2 is 1.52 bits per heavy atom. The van der Waals surface area contributed by atoms with Crippen molar-refractivity contribution in [2.24, 2.45) is 10.7 Å². The Balaban J connectivity index is 2.19. The molecule has 0 spiro atoms. The monoisotopic (exact) mass is 298 g/mol. The molecule has 0 aliphatic carbocycles. The summed E-state index contributed by atoms with van der Waals surface area (Å²) < 4.78 is 0. The second kappa shape index (κ2) is 8.53. The maximum absolute atomic E-state index is 6.10. The minimum atomic E-state index is 0.192. The molecule has 0 aliphatic heterocycles. The van der Waals surface area contributed by atoms with Crippen LogP contribution in [0.1, 0.15) is 36.1 Å². The number of nitrogens with zero attached hydrogens (tertiary/aromatic N) is 1. The largest absolute Gasteiger partial charge is 0.379 e. The van der Waals surface area contributed by atoms with Crippen LogP contribution in [0.2, 0.25) is 0 Å². The topological polar surface area (TPSA) is 38.4 Å². The van der Waals surface area contributed by atoms with Crippen molar-refractivity contribution in [2.45, 2.75) is 25.0 Å². The lowest BCUT2D eigenvalue weighted by molar-refractivity contribution is 0.809. The number of hydrogen-bond acceptors (Lipinski definition) is 2. The van der Waals surface area contributed by atoms with Crippen LogP contribution in [0.3, 0.4) is 0 Å². The fourth-order valence-electron chi connectivity index (χ4n) is 2.09. The molecule has 0 unspecified atom stereocenters. The zero-order valence-corrected chi connectivity index (χ0v) is 13.2. The number of benzene rings is 2. The Kier molecular flexibility index (Phi) is 6.35. The van der Waals surface area contributed by atoms with E-state index in [-0.39, 0.29) is 5.25 Å². The molecule has 0 fully saturated rings. The van der Waals surface area contributed by atoms with E-state index >= 15 is 0 Å². The molecule has 0 saturated heterocycles. The lowest BCUT2D eigenvalue weighted by atomic mass is 10.0. The summed E-state index contributed by atoms with van der Waals surface area (Å²) in [7, 11) is 0. The number of hydrogen-bond donors (Lipinski definition) is 1. The maximum Gasteiger partial charge on any atom is 0.154 e. The van der Waals surface area contributed by atoms with E-state index in [9.17, 15) is 0 Å². The highest BCUT2D eigenvalue weighted by Gasteiger charge is 2.16. The van der Waals surface area contributed by atoms with E-state index in [4.69, 9.17) is 5.73 Å². The molecule has 0 atom stereocenters. The van der Waals surface area contributed by atoms with Crippen molar-refractivity contribution in [3.63, 3.8) is 0 Å². The molecule has 0 saturated carbocycles. The van der Waals surface area contributed by atoms with Crippen molar-refractivity contribution < 1.29 is 0 Å². The molecule has 0 amide bonds. The Labute approximate surface area is 131 Å². The van der Waals surface area contributed by atoms with Crippen LogP contribution < -0.4 is 5.73 Å². The minimum Gasteiger partial charge on any atom is -0.379 e. The molecule has 0 radical (unpaired) electrons. The van der Waals surface area contributed by atoms with E-state index in [0.29, 0.717) is 5.17 Å². The Morgan fingerprint density at radius 1 is 1.00 bits per heavy atom. The summed E-state index contributed by atoms with van der Waals surface area (Å²) in [5, 5.41) is 0.860. The molecule has 2 rings (SSSR count). The zero-order chi connectivity index (χ0) is 14.9. The summed E-state index contributed by atoms with van der Waals surface area (Å²) in [5.74, 6) is 0. The molecule has 2 aromatic carbocycles. The van der Waals surface area contributed by atoms with Crippen LogP contribution in [0.4, 0.5) is 0 Å². The Bertz CT molecular complexity index is 512. The molecule has 2 nitrogen and oxygen atoms in total. The van der Waals surface area contributed by atoms with E-state index in [1.165, 1.54) is 11.1 Å². The first-order chi connectivity index (χ1) is 10.3. The van der Waals surface area contributed by atoms with Gasteiger partial charge in [0.05, 0.1) is 5.25 Å². The van der Waals surface area contributed by atoms with Crippen molar-refractivity contribution >= 4 is 16.9 Å². The Hall–Kier alpha value is -1.74. The molecule has 2 aromatic rings. The molecule has 0 aliphatic rings. The van der Waals surface area contributed by atoms with E-state index < -0.39 is 0 Å². The van der Waals surface area contributed by atoms with E-state index in [0.717, 1.165) is 19.4 Å². The van der Waals surface area contributed by atoms with Gasteiger partial charge in [-0.15, -0.1) is 0 Å². The van der Waals surface area contributed by atoms with Crippen LogP contribution in [0, 0.1) is 0 Å². The predicted molar refractivity (Wildman–Crippen MR) is 93.7 cm³/mol. The average molecular weight is 298 g/mol. The van der Waals surface area contributed by atoms with E-state index in [1.807, 2.05) is 12.1 Å². The third kappa shape index (κ3) is 4.94. The second-order valence-electron chi connectivity index (χ2n) is 4.89. The molecular formula is C18H22N2S.